The molecular formula is C19H19ClN2O3. The van der Waals surface area contributed by atoms with E-state index in [1.54, 1.807) is 55.5 Å². The second-order valence-electron chi connectivity index (χ2n) is 5.97. The predicted octanol–water partition coefficient (Wildman–Crippen LogP) is 3.64. The Kier molecular flexibility index (Phi) is 5.24. The van der Waals surface area contributed by atoms with Crippen molar-refractivity contribution < 1.29 is 14.3 Å². The molecule has 0 aromatic heterocycles. The van der Waals surface area contributed by atoms with E-state index in [2.05, 4.69) is 10.6 Å². The molecule has 1 aliphatic carbocycles. The van der Waals surface area contributed by atoms with Crippen molar-refractivity contribution in [3.05, 3.63) is 59.1 Å². The van der Waals surface area contributed by atoms with Crippen molar-refractivity contribution in [2.24, 2.45) is 0 Å². The zero-order valence-electron chi connectivity index (χ0n) is 13.8. The summed E-state index contributed by atoms with van der Waals surface area (Å²) in [6, 6.07) is 14.1. The molecule has 1 atom stereocenters. The van der Waals surface area contributed by atoms with Crippen LogP contribution in [-0.2, 0) is 4.79 Å². The Bertz CT molecular complexity index is 790. The van der Waals surface area contributed by atoms with E-state index in [0.29, 0.717) is 22.0 Å². The Labute approximate surface area is 151 Å². The molecule has 2 aromatic rings. The lowest BCUT2D eigenvalue weighted by atomic mass is 10.1. The summed E-state index contributed by atoms with van der Waals surface area (Å²) in [6.07, 6.45) is 1.24. The molecule has 1 unspecified atom stereocenters. The summed E-state index contributed by atoms with van der Waals surface area (Å²) in [7, 11) is 0. The fraction of sp³-hybridized carbons (Fsp3) is 0.263. The number of rotatable bonds is 6. The lowest BCUT2D eigenvalue weighted by Crippen LogP contribution is -2.32. The second-order valence-corrected chi connectivity index (χ2v) is 6.38. The molecule has 0 spiro atoms. The van der Waals surface area contributed by atoms with Crippen LogP contribution in [0.3, 0.4) is 0 Å². The third-order valence-electron chi connectivity index (χ3n) is 3.85. The van der Waals surface area contributed by atoms with Gasteiger partial charge in [-0.3, -0.25) is 9.59 Å². The smallest absolute Gasteiger partial charge is 0.265 e. The van der Waals surface area contributed by atoms with Crippen molar-refractivity contribution in [2.75, 3.05) is 5.32 Å². The molecule has 1 aliphatic rings. The van der Waals surface area contributed by atoms with Gasteiger partial charge in [0, 0.05) is 6.04 Å². The molecule has 0 heterocycles. The molecule has 2 aromatic carbocycles. The summed E-state index contributed by atoms with van der Waals surface area (Å²) in [6.45, 7) is 1.63. The van der Waals surface area contributed by atoms with E-state index < -0.39 is 6.10 Å². The van der Waals surface area contributed by atoms with Crippen LogP contribution in [0.25, 0.3) is 0 Å². The molecule has 2 N–H and O–H groups in total. The summed E-state index contributed by atoms with van der Waals surface area (Å²) >= 11 is 6.04. The summed E-state index contributed by atoms with van der Waals surface area (Å²) in [5.74, 6) is -0.101. The zero-order valence-corrected chi connectivity index (χ0v) is 14.5. The fourth-order valence-corrected chi connectivity index (χ4v) is 2.48. The Morgan fingerprint density at radius 2 is 1.80 bits per heavy atom. The van der Waals surface area contributed by atoms with Gasteiger partial charge >= 0.3 is 0 Å². The van der Waals surface area contributed by atoms with Crippen molar-refractivity contribution >= 4 is 29.1 Å². The topological polar surface area (TPSA) is 67.4 Å². The fourth-order valence-electron chi connectivity index (χ4n) is 2.30. The molecule has 25 heavy (non-hydrogen) atoms. The number of carbonyl (C=O) groups is 2. The maximum absolute atomic E-state index is 12.4. The minimum atomic E-state index is -0.764. The lowest BCUT2D eigenvalue weighted by Gasteiger charge is -2.17. The average Bonchev–Trinajstić information content (AvgIpc) is 3.41. The highest BCUT2D eigenvalue weighted by Gasteiger charge is 2.25. The van der Waals surface area contributed by atoms with E-state index in [0.717, 1.165) is 12.8 Å². The van der Waals surface area contributed by atoms with Crippen molar-refractivity contribution in [1.82, 2.24) is 5.32 Å². The molecule has 130 valence electrons. The lowest BCUT2D eigenvalue weighted by molar-refractivity contribution is -0.122. The van der Waals surface area contributed by atoms with Crippen LogP contribution in [0.5, 0.6) is 5.75 Å². The van der Waals surface area contributed by atoms with Gasteiger partial charge < -0.3 is 15.4 Å². The first-order valence-electron chi connectivity index (χ1n) is 8.16. The second kappa shape index (κ2) is 7.57. The van der Waals surface area contributed by atoms with Gasteiger partial charge in [0.1, 0.15) is 5.75 Å². The summed E-state index contributed by atoms with van der Waals surface area (Å²) < 4.78 is 5.61. The number of hydrogen-bond donors (Lipinski definition) is 2. The number of halogens is 1. The molecule has 1 saturated carbocycles. The van der Waals surface area contributed by atoms with Crippen LogP contribution in [0.2, 0.25) is 5.02 Å². The number of benzene rings is 2. The Morgan fingerprint density at radius 1 is 1.12 bits per heavy atom. The van der Waals surface area contributed by atoms with Gasteiger partial charge in [-0.25, -0.2) is 0 Å². The standard InChI is InChI=1S/C19H19ClN2O3/c1-12(25-17-9-5-3-7-15(17)20)18(23)22-16-8-4-2-6-14(16)19(24)21-13-10-11-13/h2-9,12-13H,10-11H2,1H3,(H,21,24)(H,22,23). The Hall–Kier alpha value is -2.53. The number of amides is 2. The van der Waals surface area contributed by atoms with Gasteiger partial charge in [-0.1, -0.05) is 35.9 Å². The largest absolute Gasteiger partial charge is 0.479 e. The van der Waals surface area contributed by atoms with E-state index in [9.17, 15) is 9.59 Å². The molecule has 2 amide bonds. The third kappa shape index (κ3) is 4.51. The Balaban J connectivity index is 1.68. The van der Waals surface area contributed by atoms with Crippen molar-refractivity contribution in [2.45, 2.75) is 31.9 Å². The molecule has 5 nitrogen and oxygen atoms in total. The van der Waals surface area contributed by atoms with Crippen LogP contribution >= 0.6 is 11.6 Å². The molecular weight excluding hydrogens is 340 g/mol. The summed E-state index contributed by atoms with van der Waals surface area (Å²) in [4.78, 5) is 24.7. The van der Waals surface area contributed by atoms with Crippen LogP contribution in [0.1, 0.15) is 30.1 Å². The minimum Gasteiger partial charge on any atom is -0.479 e. The highest BCUT2D eigenvalue weighted by molar-refractivity contribution is 6.32. The molecule has 1 fully saturated rings. The van der Waals surface area contributed by atoms with E-state index >= 15 is 0 Å². The first-order chi connectivity index (χ1) is 12.0. The van der Waals surface area contributed by atoms with Crippen LogP contribution < -0.4 is 15.4 Å². The average molecular weight is 359 g/mol. The van der Waals surface area contributed by atoms with Gasteiger partial charge in [-0.2, -0.15) is 0 Å². The van der Waals surface area contributed by atoms with Gasteiger partial charge in [0.15, 0.2) is 6.10 Å². The molecule has 3 rings (SSSR count). The van der Waals surface area contributed by atoms with Crippen LogP contribution in [0, 0.1) is 0 Å². The number of hydrogen-bond acceptors (Lipinski definition) is 3. The van der Waals surface area contributed by atoms with E-state index in [1.165, 1.54) is 0 Å². The zero-order chi connectivity index (χ0) is 17.8. The molecule has 0 saturated heterocycles. The number of ether oxygens (including phenoxy) is 1. The highest BCUT2D eigenvalue weighted by atomic mass is 35.5. The molecule has 0 aliphatic heterocycles. The van der Waals surface area contributed by atoms with E-state index in [-0.39, 0.29) is 17.9 Å². The number of para-hydroxylation sites is 2. The summed E-state index contributed by atoms with van der Waals surface area (Å²) in [5, 5.41) is 6.11. The summed E-state index contributed by atoms with van der Waals surface area (Å²) in [5.41, 5.74) is 0.896. The first kappa shape index (κ1) is 17.3. The van der Waals surface area contributed by atoms with Crippen LogP contribution in [-0.4, -0.2) is 24.0 Å². The SMILES string of the molecule is CC(Oc1ccccc1Cl)C(=O)Nc1ccccc1C(=O)NC1CC1. The van der Waals surface area contributed by atoms with E-state index in [4.69, 9.17) is 16.3 Å². The van der Waals surface area contributed by atoms with Gasteiger partial charge in [-0.15, -0.1) is 0 Å². The van der Waals surface area contributed by atoms with Gasteiger partial charge in [0.05, 0.1) is 16.3 Å². The number of anilines is 1. The van der Waals surface area contributed by atoms with Crippen molar-refractivity contribution in [1.29, 1.82) is 0 Å². The highest BCUT2D eigenvalue weighted by Crippen LogP contribution is 2.25. The number of carbonyl (C=O) groups excluding carboxylic acids is 2. The van der Waals surface area contributed by atoms with Crippen LogP contribution in [0.4, 0.5) is 5.69 Å². The van der Waals surface area contributed by atoms with Gasteiger partial charge in [-0.05, 0) is 44.0 Å². The van der Waals surface area contributed by atoms with Crippen molar-refractivity contribution in [3.8, 4) is 5.75 Å². The van der Waals surface area contributed by atoms with Crippen LogP contribution in [0.15, 0.2) is 48.5 Å². The normalized spacial score (nSPS) is 14.5. The maximum atomic E-state index is 12.4. The monoisotopic (exact) mass is 358 g/mol. The maximum Gasteiger partial charge on any atom is 0.265 e. The first-order valence-corrected chi connectivity index (χ1v) is 8.54. The van der Waals surface area contributed by atoms with Gasteiger partial charge in [0.25, 0.3) is 11.8 Å². The molecule has 0 radical (unpaired) electrons. The quantitative estimate of drug-likeness (QED) is 0.828. The van der Waals surface area contributed by atoms with Gasteiger partial charge in [0.2, 0.25) is 0 Å². The van der Waals surface area contributed by atoms with Crippen molar-refractivity contribution in [3.63, 3.8) is 0 Å². The predicted molar refractivity (Wildman–Crippen MR) is 97.1 cm³/mol. The van der Waals surface area contributed by atoms with E-state index in [1.807, 2.05) is 0 Å². The Morgan fingerprint density at radius 3 is 2.52 bits per heavy atom. The third-order valence-corrected chi connectivity index (χ3v) is 4.16. The minimum absolute atomic E-state index is 0.182. The molecule has 0 bridgehead atoms. The number of nitrogens with one attached hydrogen (secondary N) is 2. The molecule has 6 heteroatoms.